The topological polar surface area (TPSA) is 35.5 Å². The van der Waals surface area contributed by atoms with Crippen molar-refractivity contribution in [3.63, 3.8) is 0 Å². The maximum atomic E-state index is 13.7. The molecule has 1 saturated heterocycles. The maximum Gasteiger partial charge on any atom is 0.182 e. The van der Waals surface area contributed by atoms with E-state index in [-0.39, 0.29) is 5.69 Å². The lowest BCUT2D eigenvalue weighted by molar-refractivity contribution is -0.00898. The van der Waals surface area contributed by atoms with E-state index in [1.165, 1.54) is 11.0 Å². The molecule has 0 bridgehead atoms. The molecule has 0 atom stereocenters. The monoisotopic (exact) mass is 242 g/mol. The SMILES string of the molecule is CN(C)c1c(CC2(O)CNC2)ccc(F)c1F. The smallest absolute Gasteiger partial charge is 0.182 e. The number of rotatable bonds is 3. The van der Waals surface area contributed by atoms with Gasteiger partial charge in [0.25, 0.3) is 0 Å². The Balaban J connectivity index is 2.36. The molecule has 3 nitrogen and oxygen atoms in total. The first kappa shape index (κ1) is 12.3. The fourth-order valence-electron chi connectivity index (χ4n) is 2.10. The van der Waals surface area contributed by atoms with E-state index in [0.29, 0.717) is 25.1 Å². The van der Waals surface area contributed by atoms with E-state index in [9.17, 15) is 13.9 Å². The molecule has 1 aliphatic heterocycles. The molecule has 1 aromatic rings. The van der Waals surface area contributed by atoms with Crippen molar-refractivity contribution in [1.29, 1.82) is 0 Å². The molecule has 2 rings (SSSR count). The summed E-state index contributed by atoms with van der Waals surface area (Å²) in [5.41, 5.74) is -0.00194. The molecule has 1 fully saturated rings. The predicted molar refractivity (Wildman–Crippen MR) is 62.2 cm³/mol. The fourth-order valence-corrected chi connectivity index (χ4v) is 2.10. The minimum Gasteiger partial charge on any atom is -0.387 e. The van der Waals surface area contributed by atoms with Crippen LogP contribution in [0.3, 0.4) is 0 Å². The Morgan fingerprint density at radius 2 is 2.00 bits per heavy atom. The van der Waals surface area contributed by atoms with Crippen LogP contribution in [0.4, 0.5) is 14.5 Å². The van der Waals surface area contributed by atoms with Crippen molar-refractivity contribution in [3.8, 4) is 0 Å². The van der Waals surface area contributed by atoms with Gasteiger partial charge in [-0.05, 0) is 11.6 Å². The number of halogens is 2. The van der Waals surface area contributed by atoms with Crippen LogP contribution < -0.4 is 10.2 Å². The molecule has 2 N–H and O–H groups in total. The zero-order chi connectivity index (χ0) is 12.6. The summed E-state index contributed by atoms with van der Waals surface area (Å²) in [4.78, 5) is 1.53. The van der Waals surface area contributed by atoms with Crippen molar-refractivity contribution in [2.75, 3.05) is 32.1 Å². The van der Waals surface area contributed by atoms with Crippen LogP contribution in [0.1, 0.15) is 5.56 Å². The molecule has 0 aliphatic carbocycles. The highest BCUT2D eigenvalue weighted by Gasteiger charge is 2.35. The highest BCUT2D eigenvalue weighted by Crippen LogP contribution is 2.29. The van der Waals surface area contributed by atoms with Crippen LogP contribution in [-0.2, 0) is 6.42 Å². The molecule has 0 aromatic heterocycles. The Labute approximate surface area is 99.1 Å². The van der Waals surface area contributed by atoms with Crippen LogP contribution in [0.15, 0.2) is 12.1 Å². The highest BCUT2D eigenvalue weighted by atomic mass is 19.2. The van der Waals surface area contributed by atoms with Gasteiger partial charge in [0, 0.05) is 33.6 Å². The van der Waals surface area contributed by atoms with Crippen molar-refractivity contribution >= 4 is 5.69 Å². The van der Waals surface area contributed by atoms with E-state index in [0.717, 1.165) is 6.07 Å². The van der Waals surface area contributed by atoms with E-state index in [2.05, 4.69) is 5.32 Å². The Kier molecular flexibility index (Phi) is 3.05. The van der Waals surface area contributed by atoms with Gasteiger partial charge in [-0.3, -0.25) is 0 Å². The Morgan fingerprint density at radius 1 is 1.35 bits per heavy atom. The summed E-state index contributed by atoms with van der Waals surface area (Å²) >= 11 is 0. The number of anilines is 1. The zero-order valence-corrected chi connectivity index (χ0v) is 9.93. The number of hydrogen-bond acceptors (Lipinski definition) is 3. The molecule has 0 spiro atoms. The largest absolute Gasteiger partial charge is 0.387 e. The summed E-state index contributed by atoms with van der Waals surface area (Å²) in [6.45, 7) is 0.970. The molecule has 94 valence electrons. The molecule has 0 amide bonds. The molecule has 5 heteroatoms. The summed E-state index contributed by atoms with van der Waals surface area (Å²) < 4.78 is 26.9. The van der Waals surface area contributed by atoms with Gasteiger partial charge in [-0.2, -0.15) is 0 Å². The van der Waals surface area contributed by atoms with Gasteiger partial charge in [0.2, 0.25) is 0 Å². The van der Waals surface area contributed by atoms with Crippen molar-refractivity contribution in [2.24, 2.45) is 0 Å². The first-order chi connectivity index (χ1) is 7.93. The second-order valence-electron chi connectivity index (χ2n) is 4.77. The number of benzene rings is 1. The van der Waals surface area contributed by atoms with Crippen molar-refractivity contribution in [2.45, 2.75) is 12.0 Å². The minimum atomic E-state index is -0.865. The lowest BCUT2D eigenvalue weighted by atomic mass is 9.88. The number of hydrogen-bond donors (Lipinski definition) is 2. The van der Waals surface area contributed by atoms with Gasteiger partial charge >= 0.3 is 0 Å². The number of β-amino-alcohol motifs (C(OH)–C–C–N with tert-alkyl or cyclic N) is 1. The number of nitrogens with zero attached hydrogens (tertiary/aromatic N) is 1. The van der Waals surface area contributed by atoms with Gasteiger partial charge in [-0.25, -0.2) is 8.78 Å². The van der Waals surface area contributed by atoms with Gasteiger partial charge in [-0.15, -0.1) is 0 Å². The summed E-state index contributed by atoms with van der Waals surface area (Å²) in [6, 6.07) is 2.64. The lowest BCUT2D eigenvalue weighted by Crippen LogP contribution is -2.60. The van der Waals surface area contributed by atoms with Gasteiger partial charge < -0.3 is 15.3 Å². The third-order valence-corrected chi connectivity index (χ3v) is 3.03. The quantitative estimate of drug-likeness (QED) is 0.827. The van der Waals surface area contributed by atoms with Gasteiger partial charge in [0.05, 0.1) is 11.3 Å². The van der Waals surface area contributed by atoms with Crippen LogP contribution in [0.2, 0.25) is 0 Å². The van der Waals surface area contributed by atoms with Crippen LogP contribution in [0.25, 0.3) is 0 Å². The van der Waals surface area contributed by atoms with E-state index in [1.54, 1.807) is 14.1 Å². The fraction of sp³-hybridized carbons (Fsp3) is 0.500. The molecular weight excluding hydrogens is 226 g/mol. The molecule has 1 aliphatic rings. The van der Waals surface area contributed by atoms with E-state index in [1.807, 2.05) is 0 Å². The van der Waals surface area contributed by atoms with Crippen LogP contribution in [0, 0.1) is 11.6 Å². The van der Waals surface area contributed by atoms with Crippen molar-refractivity contribution < 1.29 is 13.9 Å². The second kappa shape index (κ2) is 4.23. The summed E-state index contributed by atoms with van der Waals surface area (Å²) in [5.74, 6) is -1.72. The summed E-state index contributed by atoms with van der Waals surface area (Å²) in [7, 11) is 3.31. The lowest BCUT2D eigenvalue weighted by Gasteiger charge is -2.38. The Bertz CT molecular complexity index is 431. The molecular formula is C12H16F2N2O. The van der Waals surface area contributed by atoms with E-state index in [4.69, 9.17) is 0 Å². The van der Waals surface area contributed by atoms with Crippen molar-refractivity contribution in [3.05, 3.63) is 29.3 Å². The molecule has 17 heavy (non-hydrogen) atoms. The average molecular weight is 242 g/mol. The van der Waals surface area contributed by atoms with Gasteiger partial charge in [-0.1, -0.05) is 6.07 Å². The number of nitrogens with one attached hydrogen (secondary N) is 1. The van der Waals surface area contributed by atoms with Gasteiger partial charge in [0.15, 0.2) is 11.6 Å². The molecule has 0 unspecified atom stereocenters. The highest BCUT2D eigenvalue weighted by molar-refractivity contribution is 5.55. The van der Waals surface area contributed by atoms with Crippen LogP contribution >= 0.6 is 0 Å². The van der Waals surface area contributed by atoms with E-state index < -0.39 is 17.2 Å². The first-order valence-corrected chi connectivity index (χ1v) is 5.50. The third-order valence-electron chi connectivity index (χ3n) is 3.03. The predicted octanol–water partition coefficient (Wildman–Crippen LogP) is 0.908. The van der Waals surface area contributed by atoms with Crippen LogP contribution in [0.5, 0.6) is 0 Å². The number of aliphatic hydroxyl groups is 1. The molecule has 0 saturated carbocycles. The van der Waals surface area contributed by atoms with E-state index >= 15 is 0 Å². The third kappa shape index (κ3) is 2.25. The Hall–Kier alpha value is -1.20. The molecule has 1 heterocycles. The van der Waals surface area contributed by atoms with Crippen molar-refractivity contribution in [1.82, 2.24) is 5.32 Å². The normalized spacial score (nSPS) is 17.7. The molecule has 1 aromatic carbocycles. The van der Waals surface area contributed by atoms with Crippen LogP contribution in [-0.4, -0.2) is 37.9 Å². The minimum absolute atomic E-state index is 0.213. The molecule has 0 radical (unpaired) electrons. The summed E-state index contributed by atoms with van der Waals surface area (Å²) in [5, 5.41) is 13.0. The van der Waals surface area contributed by atoms with Gasteiger partial charge in [0.1, 0.15) is 0 Å². The second-order valence-corrected chi connectivity index (χ2v) is 4.77. The average Bonchev–Trinajstić information content (AvgIpc) is 2.21. The summed E-state index contributed by atoms with van der Waals surface area (Å²) in [6.07, 6.45) is 0.324. The first-order valence-electron chi connectivity index (χ1n) is 5.50. The Morgan fingerprint density at radius 3 is 2.47 bits per heavy atom. The standard InChI is InChI=1S/C12H16F2N2O/c1-16(2)11-8(3-4-9(13)10(11)14)5-12(17)6-15-7-12/h3-4,15,17H,5-7H2,1-2H3. The zero-order valence-electron chi connectivity index (χ0n) is 9.93. The maximum absolute atomic E-state index is 13.7.